The third kappa shape index (κ3) is 6.16. The summed E-state index contributed by atoms with van der Waals surface area (Å²) in [5.74, 6) is 0.901. The molecule has 0 saturated carbocycles. The van der Waals surface area contributed by atoms with Gasteiger partial charge in [-0.15, -0.1) is 0 Å². The summed E-state index contributed by atoms with van der Waals surface area (Å²) < 4.78 is 5.82. The van der Waals surface area contributed by atoms with Crippen LogP contribution in [0.2, 0.25) is 0 Å². The zero-order valence-corrected chi connectivity index (χ0v) is 17.3. The van der Waals surface area contributed by atoms with Gasteiger partial charge >= 0.3 is 0 Å². The Morgan fingerprint density at radius 2 is 1.69 bits per heavy atom. The highest BCUT2D eigenvalue weighted by Gasteiger charge is 2.09. The van der Waals surface area contributed by atoms with E-state index in [0.717, 1.165) is 17.0 Å². The van der Waals surface area contributed by atoms with Crippen LogP contribution in [0.5, 0.6) is 5.75 Å². The van der Waals surface area contributed by atoms with Gasteiger partial charge in [-0.05, 0) is 53.5 Å². The normalized spacial score (nSPS) is 10.4. The Labute approximate surface area is 176 Å². The van der Waals surface area contributed by atoms with E-state index in [4.69, 9.17) is 17.0 Å². The lowest BCUT2D eigenvalue weighted by Gasteiger charge is -2.12. The molecule has 0 spiro atoms. The predicted octanol–water partition coefficient (Wildman–Crippen LogP) is 5.52. The molecule has 0 aliphatic heterocycles. The van der Waals surface area contributed by atoms with Crippen molar-refractivity contribution >= 4 is 28.9 Å². The van der Waals surface area contributed by atoms with E-state index in [1.54, 1.807) is 0 Å². The molecule has 0 unspecified atom stereocenters. The molecule has 4 nitrogen and oxygen atoms in total. The number of carbonyl (C=O) groups excluding carboxylic acids is 1. The number of hydrogen-bond donors (Lipinski definition) is 2. The zero-order valence-electron chi connectivity index (χ0n) is 16.5. The van der Waals surface area contributed by atoms with Crippen LogP contribution in [0.15, 0.2) is 78.9 Å². The van der Waals surface area contributed by atoms with E-state index in [0.29, 0.717) is 18.1 Å². The Hall–Kier alpha value is -3.18. The minimum atomic E-state index is -0.241. The van der Waals surface area contributed by atoms with Gasteiger partial charge in [0.2, 0.25) is 0 Å². The maximum atomic E-state index is 12.4. The lowest BCUT2D eigenvalue weighted by Crippen LogP contribution is -2.34. The Kier molecular flexibility index (Phi) is 6.98. The fourth-order valence-corrected chi connectivity index (χ4v) is 2.97. The number of amides is 1. The molecular formula is C24H24N2O2S. The van der Waals surface area contributed by atoms with E-state index in [2.05, 4.69) is 24.5 Å². The van der Waals surface area contributed by atoms with Gasteiger partial charge in [0.25, 0.3) is 5.91 Å². The molecule has 1 amide bonds. The van der Waals surface area contributed by atoms with Gasteiger partial charge in [0.1, 0.15) is 12.4 Å². The summed E-state index contributed by atoms with van der Waals surface area (Å²) >= 11 is 5.28. The van der Waals surface area contributed by atoms with Gasteiger partial charge in [-0.25, -0.2) is 0 Å². The van der Waals surface area contributed by atoms with E-state index in [1.165, 1.54) is 5.56 Å². The molecule has 0 aliphatic carbocycles. The van der Waals surface area contributed by atoms with Gasteiger partial charge < -0.3 is 10.1 Å². The average Bonchev–Trinajstić information content (AvgIpc) is 2.73. The van der Waals surface area contributed by atoms with E-state index in [1.807, 2.05) is 78.9 Å². The fraction of sp³-hybridized carbons (Fsp3) is 0.167. The average molecular weight is 405 g/mol. The smallest absolute Gasteiger partial charge is 0.257 e. The number of nitrogens with one attached hydrogen (secondary N) is 2. The number of hydrogen-bond acceptors (Lipinski definition) is 3. The second-order valence-electron chi connectivity index (χ2n) is 6.99. The Morgan fingerprint density at radius 3 is 2.38 bits per heavy atom. The highest BCUT2D eigenvalue weighted by molar-refractivity contribution is 7.80. The highest BCUT2D eigenvalue weighted by atomic mass is 32.1. The minimum absolute atomic E-state index is 0.239. The summed E-state index contributed by atoms with van der Waals surface area (Å²) in [6, 6.07) is 25.0. The summed E-state index contributed by atoms with van der Waals surface area (Å²) in [6.45, 7) is 4.72. The van der Waals surface area contributed by atoms with Gasteiger partial charge in [-0.2, -0.15) is 0 Å². The largest absolute Gasteiger partial charge is 0.489 e. The predicted molar refractivity (Wildman–Crippen MR) is 121 cm³/mol. The van der Waals surface area contributed by atoms with Crippen molar-refractivity contribution < 1.29 is 9.53 Å². The van der Waals surface area contributed by atoms with Crippen molar-refractivity contribution in [1.82, 2.24) is 5.32 Å². The quantitative estimate of drug-likeness (QED) is 0.532. The van der Waals surface area contributed by atoms with Crippen LogP contribution < -0.4 is 15.4 Å². The van der Waals surface area contributed by atoms with Gasteiger partial charge in [0.15, 0.2) is 5.11 Å². The molecule has 3 aromatic rings. The molecular weight excluding hydrogens is 380 g/mol. The lowest BCUT2D eigenvalue weighted by atomic mass is 10.0. The molecule has 0 atom stereocenters. The molecule has 0 fully saturated rings. The lowest BCUT2D eigenvalue weighted by molar-refractivity contribution is 0.0977. The molecule has 0 saturated heterocycles. The molecule has 2 N–H and O–H groups in total. The van der Waals surface area contributed by atoms with Crippen LogP contribution in [0.1, 0.15) is 41.3 Å². The molecule has 0 heterocycles. The first kappa shape index (κ1) is 20.6. The summed E-state index contributed by atoms with van der Waals surface area (Å²) in [5.41, 5.74) is 3.60. The number of carbonyl (C=O) groups is 1. The number of benzene rings is 3. The van der Waals surface area contributed by atoms with Crippen molar-refractivity contribution in [1.29, 1.82) is 0 Å². The van der Waals surface area contributed by atoms with Crippen LogP contribution in [-0.4, -0.2) is 11.0 Å². The zero-order chi connectivity index (χ0) is 20.6. The molecule has 5 heteroatoms. The molecule has 0 bridgehead atoms. The van der Waals surface area contributed by atoms with E-state index >= 15 is 0 Å². The topological polar surface area (TPSA) is 50.4 Å². The molecule has 148 valence electrons. The molecule has 3 aromatic carbocycles. The monoisotopic (exact) mass is 404 g/mol. The molecule has 0 aromatic heterocycles. The van der Waals surface area contributed by atoms with E-state index < -0.39 is 0 Å². The van der Waals surface area contributed by atoms with Gasteiger partial charge in [0, 0.05) is 17.3 Å². The van der Waals surface area contributed by atoms with Crippen molar-refractivity contribution in [2.45, 2.75) is 26.4 Å². The number of ether oxygens (including phenoxy) is 1. The number of anilines is 1. The van der Waals surface area contributed by atoms with Crippen molar-refractivity contribution in [2.24, 2.45) is 0 Å². The summed E-state index contributed by atoms with van der Waals surface area (Å²) in [5, 5.41) is 5.98. The second kappa shape index (κ2) is 9.85. The summed E-state index contributed by atoms with van der Waals surface area (Å²) in [6.07, 6.45) is 0. The fourth-order valence-electron chi connectivity index (χ4n) is 2.76. The van der Waals surface area contributed by atoms with Crippen molar-refractivity contribution in [3.63, 3.8) is 0 Å². The second-order valence-corrected chi connectivity index (χ2v) is 7.40. The van der Waals surface area contributed by atoms with Gasteiger partial charge in [-0.3, -0.25) is 10.1 Å². The van der Waals surface area contributed by atoms with Crippen molar-refractivity contribution in [3.8, 4) is 5.75 Å². The van der Waals surface area contributed by atoms with E-state index in [9.17, 15) is 4.79 Å². The molecule has 0 aliphatic rings. The van der Waals surface area contributed by atoms with Crippen LogP contribution in [0.25, 0.3) is 0 Å². The molecule has 0 radical (unpaired) electrons. The van der Waals surface area contributed by atoms with Gasteiger partial charge in [-0.1, -0.05) is 62.4 Å². The van der Waals surface area contributed by atoms with E-state index in [-0.39, 0.29) is 11.0 Å². The highest BCUT2D eigenvalue weighted by Crippen LogP contribution is 2.19. The maximum absolute atomic E-state index is 12.4. The first-order valence-electron chi connectivity index (χ1n) is 9.50. The van der Waals surface area contributed by atoms with Crippen molar-refractivity contribution in [2.75, 3.05) is 5.32 Å². The number of rotatable bonds is 6. The van der Waals surface area contributed by atoms with Crippen LogP contribution >= 0.6 is 12.2 Å². The third-order valence-corrected chi connectivity index (χ3v) is 4.61. The standard InChI is InChI=1S/C24H24N2O2S/c1-17(2)19-11-13-20(14-12-19)23(27)26-24(29)25-21-9-6-10-22(15-21)28-16-18-7-4-3-5-8-18/h3-15,17H,16H2,1-2H3,(H2,25,26,27,29). The number of thiocarbonyl (C=S) groups is 1. The van der Waals surface area contributed by atoms with Crippen molar-refractivity contribution in [3.05, 3.63) is 95.6 Å². The third-order valence-electron chi connectivity index (χ3n) is 4.41. The molecule has 29 heavy (non-hydrogen) atoms. The maximum Gasteiger partial charge on any atom is 0.257 e. The first-order chi connectivity index (χ1) is 14.0. The first-order valence-corrected chi connectivity index (χ1v) is 9.91. The Bertz CT molecular complexity index is 970. The van der Waals surface area contributed by atoms with Crippen LogP contribution in [0, 0.1) is 0 Å². The van der Waals surface area contributed by atoms with Crippen LogP contribution in [-0.2, 0) is 6.61 Å². The summed E-state index contributed by atoms with van der Waals surface area (Å²) in [7, 11) is 0. The van der Waals surface area contributed by atoms with Gasteiger partial charge in [0.05, 0.1) is 0 Å². The Balaban J connectivity index is 1.55. The SMILES string of the molecule is CC(C)c1ccc(C(=O)NC(=S)Nc2cccc(OCc3ccccc3)c2)cc1. The summed E-state index contributed by atoms with van der Waals surface area (Å²) in [4.78, 5) is 12.4. The molecule has 3 rings (SSSR count). The minimum Gasteiger partial charge on any atom is -0.489 e. The van der Waals surface area contributed by atoms with Crippen LogP contribution in [0.4, 0.5) is 5.69 Å². The Morgan fingerprint density at radius 1 is 0.966 bits per heavy atom. The van der Waals surface area contributed by atoms with Crippen LogP contribution in [0.3, 0.4) is 0 Å².